The van der Waals surface area contributed by atoms with Gasteiger partial charge in [-0.05, 0) is 0 Å². The summed E-state index contributed by atoms with van der Waals surface area (Å²) in [6.45, 7) is 8.39. The standard InChI is InChI=1S/C6H14N.C6H5.2Li/c1-5(2)7-6(3)4;1-2-4-6-5-3-1;;/h5-6H,1-4H3;1-5H;;/q2*-1;2*+1. The van der Waals surface area contributed by atoms with E-state index in [4.69, 9.17) is 0 Å². The maximum atomic E-state index is 4.28. The van der Waals surface area contributed by atoms with Gasteiger partial charge in [-0.2, -0.15) is 36.4 Å². The Bertz CT molecular complexity index is 155. The van der Waals surface area contributed by atoms with Gasteiger partial charge in [0.2, 0.25) is 0 Å². The van der Waals surface area contributed by atoms with Crippen LogP contribution >= 0.6 is 0 Å². The van der Waals surface area contributed by atoms with Crippen molar-refractivity contribution in [1.29, 1.82) is 0 Å². The van der Waals surface area contributed by atoms with Crippen LogP contribution in [0.25, 0.3) is 5.32 Å². The van der Waals surface area contributed by atoms with E-state index in [1.165, 1.54) is 0 Å². The van der Waals surface area contributed by atoms with Gasteiger partial charge in [-0.25, -0.2) is 0 Å². The summed E-state index contributed by atoms with van der Waals surface area (Å²) in [4.78, 5) is 0. The van der Waals surface area contributed by atoms with Crippen molar-refractivity contribution in [2.75, 3.05) is 0 Å². The van der Waals surface area contributed by atoms with E-state index in [9.17, 15) is 0 Å². The van der Waals surface area contributed by atoms with Crippen LogP contribution in [0, 0.1) is 6.07 Å². The van der Waals surface area contributed by atoms with Gasteiger partial charge in [0.15, 0.2) is 0 Å². The zero-order valence-electron chi connectivity index (χ0n) is 11.0. The number of nitrogens with zero attached hydrogens (tertiary/aromatic N) is 1. The van der Waals surface area contributed by atoms with Gasteiger partial charge in [-0.1, -0.05) is 27.7 Å². The first-order chi connectivity index (χ1) is 6.13. The molecule has 0 heterocycles. The molecule has 0 atom stereocenters. The smallest absolute Gasteiger partial charge is 0.658 e. The van der Waals surface area contributed by atoms with Crippen molar-refractivity contribution in [3.05, 3.63) is 41.7 Å². The van der Waals surface area contributed by atoms with Crippen molar-refractivity contribution in [3.8, 4) is 0 Å². The Labute approximate surface area is 119 Å². The molecular formula is C12H19Li2N. The van der Waals surface area contributed by atoms with Crippen LogP contribution in [-0.4, -0.2) is 12.1 Å². The molecule has 0 aliphatic heterocycles. The first kappa shape index (κ1) is 20.7. The minimum atomic E-state index is 0. The normalized spacial score (nSPS) is 8.40. The number of hydrogen-bond donors (Lipinski definition) is 0. The average molecular weight is 191 g/mol. The zero-order valence-corrected chi connectivity index (χ0v) is 11.0. The Morgan fingerprint density at radius 2 is 1.20 bits per heavy atom. The molecule has 0 amide bonds. The van der Waals surface area contributed by atoms with Crippen molar-refractivity contribution in [2.45, 2.75) is 39.8 Å². The second-order valence-electron chi connectivity index (χ2n) is 3.41. The summed E-state index contributed by atoms with van der Waals surface area (Å²) in [5.74, 6) is 0. The Balaban J connectivity index is -0.000000170. The number of hydrogen-bond acceptors (Lipinski definition) is 0. The topological polar surface area (TPSA) is 14.1 Å². The average Bonchev–Trinajstić information content (AvgIpc) is 2.06. The second kappa shape index (κ2) is 14.4. The van der Waals surface area contributed by atoms with Gasteiger partial charge < -0.3 is 5.32 Å². The molecule has 1 nitrogen and oxygen atoms in total. The Morgan fingerprint density at radius 1 is 0.800 bits per heavy atom. The number of rotatable bonds is 2. The third-order valence-electron chi connectivity index (χ3n) is 1.20. The van der Waals surface area contributed by atoms with Gasteiger partial charge in [-0.3, -0.25) is 0 Å². The quantitative estimate of drug-likeness (QED) is 0.368. The van der Waals surface area contributed by atoms with Gasteiger partial charge in [0.25, 0.3) is 0 Å². The van der Waals surface area contributed by atoms with Crippen molar-refractivity contribution >= 4 is 0 Å². The molecule has 15 heavy (non-hydrogen) atoms. The van der Waals surface area contributed by atoms with Crippen LogP contribution in [0.5, 0.6) is 0 Å². The Hall–Kier alpha value is 0.375. The molecule has 3 heteroatoms. The molecule has 74 valence electrons. The van der Waals surface area contributed by atoms with E-state index < -0.39 is 0 Å². The van der Waals surface area contributed by atoms with Crippen LogP contribution in [-0.2, 0) is 0 Å². The second-order valence-corrected chi connectivity index (χ2v) is 3.41. The van der Waals surface area contributed by atoms with Gasteiger partial charge in [-0.15, -0.1) is 12.1 Å². The summed E-state index contributed by atoms with van der Waals surface area (Å²) < 4.78 is 0. The van der Waals surface area contributed by atoms with E-state index in [0.29, 0.717) is 12.1 Å². The van der Waals surface area contributed by atoms with Gasteiger partial charge in [0.05, 0.1) is 0 Å². The molecule has 0 saturated carbocycles. The molecule has 1 rings (SSSR count). The molecule has 0 aliphatic rings. The monoisotopic (exact) mass is 191 g/mol. The van der Waals surface area contributed by atoms with E-state index in [1.54, 1.807) is 0 Å². The molecule has 0 aromatic heterocycles. The molecule has 0 aliphatic carbocycles. The van der Waals surface area contributed by atoms with Crippen LogP contribution in [0.4, 0.5) is 0 Å². The third-order valence-corrected chi connectivity index (χ3v) is 1.20. The molecule has 0 saturated heterocycles. The maximum absolute atomic E-state index is 4.28. The minimum Gasteiger partial charge on any atom is -0.658 e. The van der Waals surface area contributed by atoms with Crippen molar-refractivity contribution in [3.63, 3.8) is 0 Å². The fourth-order valence-corrected chi connectivity index (χ4v) is 0.938. The van der Waals surface area contributed by atoms with E-state index in [1.807, 2.05) is 30.3 Å². The largest absolute Gasteiger partial charge is 1.00 e. The first-order valence-electron chi connectivity index (χ1n) is 4.74. The fraction of sp³-hybridized carbons (Fsp3) is 0.500. The SMILES string of the molecule is CC(C)[N-]C(C)C.[Li+].[Li+].[c-]1ccccc1. The van der Waals surface area contributed by atoms with E-state index in [-0.39, 0.29) is 37.7 Å². The van der Waals surface area contributed by atoms with Gasteiger partial charge >= 0.3 is 37.7 Å². The Kier molecular flexibility index (Phi) is 19.9. The van der Waals surface area contributed by atoms with Gasteiger partial charge in [0, 0.05) is 0 Å². The summed E-state index contributed by atoms with van der Waals surface area (Å²) in [5, 5.41) is 4.28. The summed E-state index contributed by atoms with van der Waals surface area (Å²) in [5.41, 5.74) is 0. The molecule has 0 fully saturated rings. The van der Waals surface area contributed by atoms with E-state index >= 15 is 0 Å². The Morgan fingerprint density at radius 3 is 1.27 bits per heavy atom. The number of benzene rings is 1. The summed E-state index contributed by atoms with van der Waals surface area (Å²) >= 11 is 0. The summed E-state index contributed by atoms with van der Waals surface area (Å²) in [6.07, 6.45) is 0. The molecular weight excluding hydrogens is 172 g/mol. The van der Waals surface area contributed by atoms with Gasteiger partial charge in [0.1, 0.15) is 0 Å². The molecule has 0 bridgehead atoms. The minimum absolute atomic E-state index is 0. The van der Waals surface area contributed by atoms with Crippen LogP contribution in [0.15, 0.2) is 30.3 Å². The molecule has 0 N–H and O–H groups in total. The van der Waals surface area contributed by atoms with Crippen LogP contribution in [0.2, 0.25) is 0 Å². The predicted octanol–water partition coefficient (Wildman–Crippen LogP) is -2.33. The van der Waals surface area contributed by atoms with Crippen LogP contribution < -0.4 is 37.7 Å². The molecule has 1 aromatic rings. The molecule has 0 unspecified atom stereocenters. The van der Waals surface area contributed by atoms with E-state index in [2.05, 4.69) is 39.1 Å². The zero-order chi connectivity index (χ0) is 10.1. The van der Waals surface area contributed by atoms with E-state index in [0.717, 1.165) is 0 Å². The van der Waals surface area contributed by atoms with Crippen molar-refractivity contribution < 1.29 is 37.7 Å². The molecule has 1 aromatic carbocycles. The summed E-state index contributed by atoms with van der Waals surface area (Å²) in [7, 11) is 0. The van der Waals surface area contributed by atoms with Crippen LogP contribution in [0.3, 0.4) is 0 Å². The predicted molar refractivity (Wildman–Crippen MR) is 58.9 cm³/mol. The first-order valence-corrected chi connectivity index (χ1v) is 4.74. The summed E-state index contributed by atoms with van der Waals surface area (Å²) in [6, 6.07) is 13.5. The molecule has 0 radical (unpaired) electrons. The third kappa shape index (κ3) is 20.5. The fourth-order valence-electron chi connectivity index (χ4n) is 0.938. The van der Waals surface area contributed by atoms with Crippen molar-refractivity contribution in [2.24, 2.45) is 0 Å². The van der Waals surface area contributed by atoms with Crippen LogP contribution in [0.1, 0.15) is 27.7 Å². The maximum Gasteiger partial charge on any atom is 1.00 e. The molecule has 0 spiro atoms. The van der Waals surface area contributed by atoms with Crippen molar-refractivity contribution in [1.82, 2.24) is 0 Å².